The molecule has 166 valence electrons. The van der Waals surface area contributed by atoms with E-state index in [9.17, 15) is 0 Å². The Kier molecular flexibility index (Phi) is 10.3. The molecule has 2 aromatic heterocycles. The highest BCUT2D eigenvalue weighted by molar-refractivity contribution is 14.0. The molecule has 0 aromatic carbocycles. The van der Waals surface area contributed by atoms with E-state index in [-0.39, 0.29) is 24.0 Å². The molecule has 1 saturated heterocycles. The van der Waals surface area contributed by atoms with Crippen LogP contribution >= 0.6 is 35.3 Å². The van der Waals surface area contributed by atoms with Gasteiger partial charge in [0.15, 0.2) is 5.96 Å². The van der Waals surface area contributed by atoms with Crippen molar-refractivity contribution in [1.29, 1.82) is 0 Å². The number of aromatic nitrogens is 2. The fraction of sp³-hybridized carbons (Fsp3) is 0.571. The second-order valence-corrected chi connectivity index (χ2v) is 8.72. The van der Waals surface area contributed by atoms with Gasteiger partial charge in [-0.25, -0.2) is 15.0 Å². The fourth-order valence-electron chi connectivity index (χ4n) is 3.21. The molecule has 0 radical (unpaired) electrons. The number of thiazole rings is 1. The van der Waals surface area contributed by atoms with Crippen molar-refractivity contribution in [3.63, 3.8) is 0 Å². The first-order chi connectivity index (χ1) is 14.0. The third-order valence-electron chi connectivity index (χ3n) is 5.11. The summed E-state index contributed by atoms with van der Waals surface area (Å²) in [5.74, 6) is 1.90. The fourth-order valence-corrected chi connectivity index (χ4v) is 4.15. The summed E-state index contributed by atoms with van der Waals surface area (Å²) in [6, 6.07) is 4.22. The zero-order chi connectivity index (χ0) is 20.6. The van der Waals surface area contributed by atoms with Crippen LogP contribution in [-0.2, 0) is 13.0 Å². The van der Waals surface area contributed by atoms with E-state index in [1.807, 2.05) is 12.3 Å². The minimum atomic E-state index is 0. The molecule has 0 atom stereocenters. The molecule has 0 bridgehead atoms. The van der Waals surface area contributed by atoms with E-state index >= 15 is 0 Å². The molecular weight excluding hydrogens is 509 g/mol. The molecule has 9 heteroatoms. The Labute approximate surface area is 201 Å². The Balaban J connectivity index is 0.00000320. The maximum Gasteiger partial charge on any atom is 0.191 e. The molecule has 1 aliphatic heterocycles. The van der Waals surface area contributed by atoms with Gasteiger partial charge in [-0.05, 0) is 45.5 Å². The number of nitrogens with zero attached hydrogens (tertiary/aromatic N) is 5. The highest BCUT2D eigenvalue weighted by atomic mass is 127. The molecule has 2 aromatic rings. The summed E-state index contributed by atoms with van der Waals surface area (Å²) in [6.07, 6.45) is 2.80. The van der Waals surface area contributed by atoms with Crippen LogP contribution in [0.4, 0.5) is 5.82 Å². The second kappa shape index (κ2) is 12.4. The largest absolute Gasteiger partial charge is 0.357 e. The maximum atomic E-state index is 4.76. The monoisotopic (exact) mass is 543 g/mol. The summed E-state index contributed by atoms with van der Waals surface area (Å²) in [5.41, 5.74) is 2.32. The molecule has 7 nitrogen and oxygen atoms in total. The van der Waals surface area contributed by atoms with Gasteiger partial charge in [0.1, 0.15) is 5.82 Å². The van der Waals surface area contributed by atoms with Crippen molar-refractivity contribution in [3.05, 3.63) is 39.5 Å². The van der Waals surface area contributed by atoms with Gasteiger partial charge in [-0.1, -0.05) is 0 Å². The highest BCUT2D eigenvalue weighted by Gasteiger charge is 2.15. The van der Waals surface area contributed by atoms with Crippen molar-refractivity contribution in [3.8, 4) is 0 Å². The van der Waals surface area contributed by atoms with Crippen LogP contribution in [0.2, 0.25) is 0 Å². The minimum Gasteiger partial charge on any atom is -0.357 e. The SMILES string of the molecule is CCNC(=NCc1ccnc(N2CCN(C)CC2)c1)NCCc1nc(C)c(C)s1.I. The summed E-state index contributed by atoms with van der Waals surface area (Å²) < 4.78 is 0. The maximum absolute atomic E-state index is 4.76. The van der Waals surface area contributed by atoms with Crippen molar-refractivity contribution in [1.82, 2.24) is 25.5 Å². The molecule has 30 heavy (non-hydrogen) atoms. The van der Waals surface area contributed by atoms with Crippen molar-refractivity contribution in [2.45, 2.75) is 33.7 Å². The number of aryl methyl sites for hydroxylation is 2. The molecule has 2 N–H and O–H groups in total. The van der Waals surface area contributed by atoms with Gasteiger partial charge in [-0.3, -0.25) is 0 Å². The Morgan fingerprint density at radius 1 is 1.20 bits per heavy atom. The van der Waals surface area contributed by atoms with E-state index in [0.717, 1.165) is 63.2 Å². The van der Waals surface area contributed by atoms with Crippen molar-refractivity contribution in [2.75, 3.05) is 51.2 Å². The number of nitrogens with one attached hydrogen (secondary N) is 2. The summed E-state index contributed by atoms with van der Waals surface area (Å²) in [6.45, 7) is 12.8. The molecule has 0 spiro atoms. The third kappa shape index (κ3) is 7.35. The van der Waals surface area contributed by atoms with Crippen LogP contribution in [0.25, 0.3) is 0 Å². The molecule has 1 aliphatic rings. The Morgan fingerprint density at radius 3 is 2.63 bits per heavy atom. The van der Waals surface area contributed by atoms with Crippen molar-refractivity contribution < 1.29 is 0 Å². The normalized spacial score (nSPS) is 15.1. The topological polar surface area (TPSA) is 68.7 Å². The minimum absolute atomic E-state index is 0. The number of halogens is 1. The predicted octanol–water partition coefficient (Wildman–Crippen LogP) is 2.82. The van der Waals surface area contributed by atoms with Crippen LogP contribution in [0, 0.1) is 13.8 Å². The smallest absolute Gasteiger partial charge is 0.191 e. The van der Waals surface area contributed by atoms with Gasteiger partial charge in [0.05, 0.1) is 17.2 Å². The summed E-state index contributed by atoms with van der Waals surface area (Å²) >= 11 is 1.78. The van der Waals surface area contributed by atoms with Gasteiger partial charge >= 0.3 is 0 Å². The standard InChI is InChI=1S/C21H33N7S.HI/c1-5-22-21(24-9-7-20-26-16(2)17(3)29-20)25-15-18-6-8-23-19(14-18)28-12-10-27(4)11-13-28;/h6,8,14H,5,7,9-13,15H2,1-4H3,(H2,22,24,25);1H. The third-order valence-corrected chi connectivity index (χ3v) is 6.24. The number of aliphatic imine (C=N–C) groups is 1. The highest BCUT2D eigenvalue weighted by Crippen LogP contribution is 2.17. The molecule has 0 amide bonds. The van der Waals surface area contributed by atoms with E-state index in [0.29, 0.717) is 6.54 Å². The number of guanidine groups is 1. The summed E-state index contributed by atoms with van der Waals surface area (Å²) in [5, 5.41) is 7.93. The van der Waals surface area contributed by atoms with Gasteiger partial charge in [-0.15, -0.1) is 35.3 Å². The lowest BCUT2D eigenvalue weighted by Crippen LogP contribution is -2.44. The number of likely N-dealkylation sites (N-methyl/N-ethyl adjacent to an activating group) is 1. The Morgan fingerprint density at radius 2 is 1.97 bits per heavy atom. The zero-order valence-electron chi connectivity index (χ0n) is 18.4. The number of anilines is 1. The number of hydrogen-bond donors (Lipinski definition) is 2. The van der Waals surface area contributed by atoms with Gasteiger partial charge in [-0.2, -0.15) is 0 Å². The average molecular weight is 544 g/mol. The molecule has 0 aliphatic carbocycles. The van der Waals surface area contributed by atoms with Crippen LogP contribution in [0.1, 0.15) is 28.1 Å². The van der Waals surface area contributed by atoms with Gasteiger partial charge in [0, 0.05) is 56.8 Å². The summed E-state index contributed by atoms with van der Waals surface area (Å²) in [4.78, 5) is 19.9. The molecule has 3 heterocycles. The second-order valence-electron chi connectivity index (χ2n) is 7.43. The summed E-state index contributed by atoms with van der Waals surface area (Å²) in [7, 11) is 2.17. The zero-order valence-corrected chi connectivity index (χ0v) is 21.6. The number of piperazine rings is 1. The first-order valence-electron chi connectivity index (χ1n) is 10.4. The lowest BCUT2D eigenvalue weighted by atomic mass is 10.2. The van der Waals surface area contributed by atoms with Gasteiger partial charge < -0.3 is 20.4 Å². The van der Waals surface area contributed by atoms with E-state index < -0.39 is 0 Å². The van der Waals surface area contributed by atoms with Crippen LogP contribution in [0.5, 0.6) is 0 Å². The van der Waals surface area contributed by atoms with Crippen LogP contribution in [0.3, 0.4) is 0 Å². The Hall–Kier alpha value is -1.46. The van der Waals surface area contributed by atoms with Gasteiger partial charge in [0.25, 0.3) is 0 Å². The number of pyridine rings is 1. The lowest BCUT2D eigenvalue weighted by Gasteiger charge is -2.33. The van der Waals surface area contributed by atoms with Crippen LogP contribution < -0.4 is 15.5 Å². The van der Waals surface area contributed by atoms with Crippen LogP contribution in [0.15, 0.2) is 23.3 Å². The van der Waals surface area contributed by atoms with E-state index in [4.69, 9.17) is 4.99 Å². The molecule has 3 rings (SSSR count). The van der Waals surface area contributed by atoms with Crippen LogP contribution in [-0.4, -0.2) is 67.1 Å². The number of hydrogen-bond acceptors (Lipinski definition) is 6. The van der Waals surface area contributed by atoms with E-state index in [1.54, 1.807) is 11.3 Å². The van der Waals surface area contributed by atoms with E-state index in [2.05, 4.69) is 64.3 Å². The molecular formula is C21H34IN7S. The Bertz CT molecular complexity index is 796. The predicted molar refractivity (Wildman–Crippen MR) is 137 cm³/mol. The van der Waals surface area contributed by atoms with E-state index in [1.165, 1.54) is 15.4 Å². The molecule has 1 fully saturated rings. The molecule has 0 unspecified atom stereocenters. The molecule has 0 saturated carbocycles. The number of rotatable bonds is 7. The first-order valence-corrected chi connectivity index (χ1v) is 11.2. The lowest BCUT2D eigenvalue weighted by molar-refractivity contribution is 0.312. The quantitative estimate of drug-likeness (QED) is 0.318. The van der Waals surface area contributed by atoms with Crippen molar-refractivity contribution >= 4 is 47.1 Å². The first kappa shape index (κ1) is 24.8. The van der Waals surface area contributed by atoms with Crippen molar-refractivity contribution in [2.24, 2.45) is 4.99 Å². The van der Waals surface area contributed by atoms with Gasteiger partial charge in [0.2, 0.25) is 0 Å². The average Bonchev–Trinajstić information content (AvgIpc) is 3.04.